The molecule has 2 aromatic carbocycles. The number of carbonyl (C=O) groups is 2. The molecule has 0 atom stereocenters. The van der Waals surface area contributed by atoms with Crippen LogP contribution in [0.15, 0.2) is 42.5 Å². The summed E-state index contributed by atoms with van der Waals surface area (Å²) in [6, 6.07) is 11.1. The normalized spacial score (nSPS) is 13.0. The first kappa shape index (κ1) is 17.6. The third kappa shape index (κ3) is 3.72. The predicted molar refractivity (Wildman–Crippen MR) is 96.9 cm³/mol. The lowest BCUT2D eigenvalue weighted by molar-refractivity contribution is -0.384. The lowest BCUT2D eigenvalue weighted by Crippen LogP contribution is -2.35. The van der Waals surface area contributed by atoms with E-state index in [1.807, 2.05) is 30.0 Å². The third-order valence-corrected chi connectivity index (χ3v) is 4.47. The molecule has 3 rings (SSSR count). The number of carbonyl (C=O) groups excluding carboxylic acids is 2. The van der Waals surface area contributed by atoms with Crippen molar-refractivity contribution in [1.82, 2.24) is 4.90 Å². The van der Waals surface area contributed by atoms with Crippen LogP contribution in [0.1, 0.15) is 34.8 Å². The zero-order valence-corrected chi connectivity index (χ0v) is 14.4. The van der Waals surface area contributed by atoms with Gasteiger partial charge in [0.2, 0.25) is 5.91 Å². The minimum absolute atomic E-state index is 0.0592. The van der Waals surface area contributed by atoms with Gasteiger partial charge in [-0.2, -0.15) is 0 Å². The van der Waals surface area contributed by atoms with E-state index in [2.05, 4.69) is 5.32 Å². The summed E-state index contributed by atoms with van der Waals surface area (Å²) < 4.78 is 0. The van der Waals surface area contributed by atoms with Crippen molar-refractivity contribution in [2.24, 2.45) is 0 Å². The maximum Gasteiger partial charge on any atom is 0.269 e. The number of rotatable bonds is 4. The molecule has 1 aliphatic rings. The molecule has 134 valence electrons. The van der Waals surface area contributed by atoms with Crippen molar-refractivity contribution >= 4 is 23.2 Å². The molecule has 0 spiro atoms. The molecule has 7 nitrogen and oxygen atoms in total. The van der Waals surface area contributed by atoms with Crippen LogP contribution >= 0.6 is 0 Å². The summed E-state index contributed by atoms with van der Waals surface area (Å²) in [5, 5.41) is 13.5. The monoisotopic (exact) mass is 353 g/mol. The van der Waals surface area contributed by atoms with Crippen molar-refractivity contribution in [2.75, 3.05) is 11.9 Å². The SMILES string of the molecule is CCC(=O)N1CCc2ccc(NC(=O)c3ccc([N+](=O)[O-])cc3)cc2C1. The number of nitrogens with one attached hydrogen (secondary N) is 1. The highest BCUT2D eigenvalue weighted by Crippen LogP contribution is 2.23. The summed E-state index contributed by atoms with van der Waals surface area (Å²) in [6.07, 6.45) is 1.28. The van der Waals surface area contributed by atoms with Gasteiger partial charge in [-0.25, -0.2) is 0 Å². The molecule has 0 fully saturated rings. The van der Waals surface area contributed by atoms with Crippen LogP contribution in [0.5, 0.6) is 0 Å². The molecule has 26 heavy (non-hydrogen) atoms. The van der Waals surface area contributed by atoms with Crippen LogP contribution in [0.25, 0.3) is 0 Å². The summed E-state index contributed by atoms with van der Waals surface area (Å²) in [7, 11) is 0. The molecule has 7 heteroatoms. The van der Waals surface area contributed by atoms with Crippen LogP contribution in [0.3, 0.4) is 0 Å². The van der Waals surface area contributed by atoms with Gasteiger partial charge in [-0.15, -0.1) is 0 Å². The second-order valence-corrected chi connectivity index (χ2v) is 6.16. The smallest absolute Gasteiger partial charge is 0.269 e. The molecule has 0 saturated carbocycles. The van der Waals surface area contributed by atoms with E-state index in [4.69, 9.17) is 0 Å². The summed E-state index contributed by atoms with van der Waals surface area (Å²) in [5.41, 5.74) is 3.13. The minimum Gasteiger partial charge on any atom is -0.338 e. The summed E-state index contributed by atoms with van der Waals surface area (Å²) >= 11 is 0. The second kappa shape index (κ2) is 7.35. The Bertz CT molecular complexity index is 862. The number of fused-ring (bicyclic) bond motifs is 1. The van der Waals surface area contributed by atoms with Crippen molar-refractivity contribution in [1.29, 1.82) is 0 Å². The van der Waals surface area contributed by atoms with Gasteiger partial charge in [0.05, 0.1) is 4.92 Å². The Morgan fingerprint density at radius 1 is 1.15 bits per heavy atom. The predicted octanol–water partition coefficient (Wildman–Crippen LogP) is 3.14. The van der Waals surface area contributed by atoms with Gasteiger partial charge in [-0.05, 0) is 41.8 Å². The number of non-ortho nitro benzene ring substituents is 1. The van der Waals surface area contributed by atoms with Gasteiger partial charge < -0.3 is 10.2 Å². The second-order valence-electron chi connectivity index (χ2n) is 6.16. The number of nitrogens with zero attached hydrogens (tertiary/aromatic N) is 2. The number of benzene rings is 2. The summed E-state index contributed by atoms with van der Waals surface area (Å²) in [5.74, 6) is -0.215. The molecular weight excluding hydrogens is 334 g/mol. The van der Waals surface area contributed by atoms with E-state index < -0.39 is 4.92 Å². The van der Waals surface area contributed by atoms with Gasteiger partial charge in [0.15, 0.2) is 0 Å². The van der Waals surface area contributed by atoms with Gasteiger partial charge >= 0.3 is 0 Å². The molecule has 0 aromatic heterocycles. The van der Waals surface area contributed by atoms with E-state index in [1.165, 1.54) is 29.8 Å². The zero-order valence-electron chi connectivity index (χ0n) is 14.4. The topological polar surface area (TPSA) is 92.6 Å². The summed E-state index contributed by atoms with van der Waals surface area (Å²) in [4.78, 5) is 36.2. The molecule has 1 heterocycles. The lowest BCUT2D eigenvalue weighted by atomic mass is 9.98. The third-order valence-electron chi connectivity index (χ3n) is 4.47. The van der Waals surface area contributed by atoms with Crippen molar-refractivity contribution in [3.05, 3.63) is 69.3 Å². The molecule has 0 saturated heterocycles. The fourth-order valence-electron chi connectivity index (χ4n) is 3.01. The van der Waals surface area contributed by atoms with Crippen LogP contribution in [-0.2, 0) is 17.8 Å². The van der Waals surface area contributed by atoms with Gasteiger partial charge in [-0.3, -0.25) is 19.7 Å². The largest absolute Gasteiger partial charge is 0.338 e. The van der Waals surface area contributed by atoms with Crippen molar-refractivity contribution in [3.8, 4) is 0 Å². The number of hydrogen-bond donors (Lipinski definition) is 1. The van der Waals surface area contributed by atoms with E-state index in [1.54, 1.807) is 0 Å². The number of nitro benzene ring substituents is 1. The highest BCUT2D eigenvalue weighted by atomic mass is 16.6. The molecule has 0 bridgehead atoms. The Kier molecular flexibility index (Phi) is 4.97. The maximum atomic E-state index is 12.3. The number of anilines is 1. The van der Waals surface area contributed by atoms with Gasteiger partial charge in [0.1, 0.15) is 0 Å². The zero-order chi connectivity index (χ0) is 18.7. The molecule has 1 N–H and O–H groups in total. The maximum absolute atomic E-state index is 12.3. The molecule has 0 aliphatic carbocycles. The quantitative estimate of drug-likeness (QED) is 0.675. The van der Waals surface area contributed by atoms with Gasteiger partial charge in [0.25, 0.3) is 11.6 Å². The first-order valence-corrected chi connectivity index (χ1v) is 8.43. The Hall–Kier alpha value is -3.22. The van der Waals surface area contributed by atoms with Gasteiger partial charge in [0, 0.05) is 42.9 Å². The van der Waals surface area contributed by atoms with E-state index >= 15 is 0 Å². The molecule has 2 amide bonds. The Morgan fingerprint density at radius 2 is 1.88 bits per heavy atom. The Morgan fingerprint density at radius 3 is 2.54 bits per heavy atom. The Balaban J connectivity index is 1.73. The average Bonchev–Trinajstić information content (AvgIpc) is 2.66. The van der Waals surface area contributed by atoms with E-state index in [9.17, 15) is 19.7 Å². The van der Waals surface area contributed by atoms with Crippen LogP contribution < -0.4 is 5.32 Å². The number of amides is 2. The molecule has 2 aromatic rings. The first-order chi connectivity index (χ1) is 12.5. The van der Waals surface area contributed by atoms with E-state index in [-0.39, 0.29) is 17.5 Å². The van der Waals surface area contributed by atoms with E-state index in [0.717, 1.165) is 12.0 Å². The highest BCUT2D eigenvalue weighted by molar-refractivity contribution is 6.04. The fraction of sp³-hybridized carbons (Fsp3) is 0.263. The molecule has 1 aliphatic heterocycles. The summed E-state index contributed by atoms with van der Waals surface area (Å²) in [6.45, 7) is 3.11. The highest BCUT2D eigenvalue weighted by Gasteiger charge is 2.20. The molecule has 0 radical (unpaired) electrons. The standard InChI is InChI=1S/C19H19N3O4/c1-2-18(23)21-10-9-13-3-6-16(11-15(13)12-21)20-19(24)14-4-7-17(8-5-14)22(25)26/h3-8,11H,2,9-10,12H2,1H3,(H,20,24). The lowest BCUT2D eigenvalue weighted by Gasteiger charge is -2.29. The van der Waals surface area contributed by atoms with Crippen molar-refractivity contribution in [2.45, 2.75) is 26.3 Å². The average molecular weight is 353 g/mol. The molecule has 0 unspecified atom stereocenters. The molecular formula is C19H19N3O4. The van der Waals surface area contributed by atoms with Crippen LogP contribution in [0.4, 0.5) is 11.4 Å². The van der Waals surface area contributed by atoms with Crippen LogP contribution in [0, 0.1) is 10.1 Å². The fourth-order valence-corrected chi connectivity index (χ4v) is 3.01. The number of nitro groups is 1. The van der Waals surface area contributed by atoms with Crippen LogP contribution in [-0.4, -0.2) is 28.2 Å². The van der Waals surface area contributed by atoms with Gasteiger partial charge in [-0.1, -0.05) is 13.0 Å². The van der Waals surface area contributed by atoms with Crippen LogP contribution in [0.2, 0.25) is 0 Å². The first-order valence-electron chi connectivity index (χ1n) is 8.43. The van der Waals surface area contributed by atoms with Crippen molar-refractivity contribution in [3.63, 3.8) is 0 Å². The van der Waals surface area contributed by atoms with Crippen molar-refractivity contribution < 1.29 is 14.5 Å². The Labute approximate surface area is 150 Å². The number of hydrogen-bond acceptors (Lipinski definition) is 4. The minimum atomic E-state index is -0.505. The van der Waals surface area contributed by atoms with E-state index in [0.29, 0.717) is 30.8 Å².